The van der Waals surface area contributed by atoms with E-state index in [-0.39, 0.29) is 0 Å². The van der Waals surface area contributed by atoms with Crippen LogP contribution in [-0.4, -0.2) is 15.0 Å². The minimum absolute atomic E-state index is 0.404. The molecule has 0 unspecified atom stereocenters. The van der Waals surface area contributed by atoms with Gasteiger partial charge in [-0.2, -0.15) is 5.10 Å². The van der Waals surface area contributed by atoms with Crippen LogP contribution in [0.4, 0.5) is 0 Å². The van der Waals surface area contributed by atoms with E-state index < -0.39 is 5.24 Å². The first-order valence-corrected chi connectivity index (χ1v) is 8.37. The molecule has 0 atom stereocenters. The van der Waals surface area contributed by atoms with Crippen LogP contribution in [0, 0.1) is 0 Å². The minimum atomic E-state index is -0.404. The third kappa shape index (κ3) is 2.82. The van der Waals surface area contributed by atoms with Crippen LogP contribution < -0.4 is 0 Å². The van der Waals surface area contributed by atoms with E-state index >= 15 is 0 Å². The quantitative estimate of drug-likeness (QED) is 0.595. The molecule has 3 rings (SSSR count). The summed E-state index contributed by atoms with van der Waals surface area (Å²) in [6.45, 7) is 3.89. The van der Waals surface area contributed by atoms with Gasteiger partial charge in [0.1, 0.15) is 0 Å². The summed E-state index contributed by atoms with van der Waals surface area (Å²) < 4.78 is 2.20. The predicted octanol–water partition coefficient (Wildman–Crippen LogP) is 4.88. The molecule has 1 heterocycles. The average molecular weight is 317 g/mol. The average Bonchev–Trinajstić information content (AvgIpc) is 3.13. The van der Waals surface area contributed by atoms with E-state index in [0.29, 0.717) is 11.6 Å². The van der Waals surface area contributed by atoms with E-state index in [2.05, 4.69) is 23.7 Å². The first kappa shape index (κ1) is 15.3. The third-order valence-electron chi connectivity index (χ3n) is 4.51. The Kier molecular flexibility index (Phi) is 4.34. The third-order valence-corrected chi connectivity index (χ3v) is 4.80. The van der Waals surface area contributed by atoms with Crippen molar-refractivity contribution in [3.8, 4) is 0 Å². The summed E-state index contributed by atoms with van der Waals surface area (Å²) in [7, 11) is 0. The number of aromatic nitrogens is 2. The van der Waals surface area contributed by atoms with Gasteiger partial charge in [-0.15, -0.1) is 0 Å². The molecule has 1 saturated carbocycles. The highest BCUT2D eigenvalue weighted by Crippen LogP contribution is 2.33. The second kappa shape index (κ2) is 6.25. The number of allylic oxidation sites excluding steroid dienone is 1. The second-order valence-electron chi connectivity index (χ2n) is 6.06. The van der Waals surface area contributed by atoms with Crippen LogP contribution in [0.25, 0.3) is 17.0 Å². The Morgan fingerprint density at radius 2 is 2.14 bits per heavy atom. The zero-order chi connectivity index (χ0) is 15.7. The second-order valence-corrected chi connectivity index (χ2v) is 6.40. The number of hydrogen-bond acceptors (Lipinski definition) is 2. The van der Waals surface area contributed by atoms with Crippen LogP contribution >= 0.6 is 11.6 Å². The number of nitrogens with zero attached hydrogens (tertiary/aromatic N) is 2. The molecule has 1 aliphatic rings. The molecular weight excluding hydrogens is 296 g/mol. The van der Waals surface area contributed by atoms with Crippen LogP contribution in [0.1, 0.15) is 56.8 Å². The van der Waals surface area contributed by atoms with Crippen molar-refractivity contribution in [1.29, 1.82) is 0 Å². The molecular formula is C18H21ClN2O. The fraction of sp³-hybridized carbons (Fsp3) is 0.444. The molecule has 0 radical (unpaired) electrons. The van der Waals surface area contributed by atoms with Gasteiger partial charge >= 0.3 is 0 Å². The molecule has 1 aromatic carbocycles. The highest BCUT2D eigenvalue weighted by molar-refractivity contribution is 6.68. The minimum Gasteiger partial charge on any atom is -0.276 e. The van der Waals surface area contributed by atoms with Gasteiger partial charge in [0, 0.05) is 11.0 Å². The molecule has 1 aliphatic carbocycles. The number of fused-ring (bicyclic) bond motifs is 1. The predicted molar refractivity (Wildman–Crippen MR) is 91.1 cm³/mol. The molecule has 1 aromatic heterocycles. The SMILES string of the molecule is CCc1nn(C2CCCC2)c2cc(/C=C(\C)C(=O)Cl)ccc12. The lowest BCUT2D eigenvalue weighted by Gasteiger charge is -2.11. The summed E-state index contributed by atoms with van der Waals surface area (Å²) in [5.41, 5.74) is 3.89. The smallest absolute Gasteiger partial charge is 0.248 e. The van der Waals surface area contributed by atoms with Crippen LogP contribution in [-0.2, 0) is 11.2 Å². The lowest BCUT2D eigenvalue weighted by atomic mass is 10.1. The zero-order valence-corrected chi connectivity index (χ0v) is 13.9. The molecule has 0 aliphatic heterocycles. The molecule has 0 saturated heterocycles. The van der Waals surface area contributed by atoms with Gasteiger partial charge in [0.2, 0.25) is 5.24 Å². The van der Waals surface area contributed by atoms with Crippen molar-refractivity contribution < 1.29 is 4.79 Å². The van der Waals surface area contributed by atoms with Crippen LogP contribution in [0.15, 0.2) is 23.8 Å². The molecule has 3 nitrogen and oxygen atoms in total. The van der Waals surface area contributed by atoms with Crippen LogP contribution in [0.3, 0.4) is 0 Å². The standard InChI is InChI=1S/C18H21ClN2O/c1-3-16-15-9-8-13(10-12(2)18(19)22)11-17(15)21(20-16)14-6-4-5-7-14/h8-11,14H,3-7H2,1-2H3/b12-10+. The molecule has 4 heteroatoms. The molecule has 22 heavy (non-hydrogen) atoms. The van der Waals surface area contributed by atoms with E-state index in [4.69, 9.17) is 16.7 Å². The molecule has 0 amide bonds. The van der Waals surface area contributed by atoms with Gasteiger partial charge in [-0.3, -0.25) is 9.48 Å². The summed E-state index contributed by atoms with van der Waals surface area (Å²) in [4.78, 5) is 11.2. The number of halogens is 1. The van der Waals surface area contributed by atoms with Gasteiger partial charge in [-0.25, -0.2) is 0 Å². The van der Waals surface area contributed by atoms with Crippen molar-refractivity contribution in [2.75, 3.05) is 0 Å². The number of aryl methyl sites for hydroxylation is 1. The van der Waals surface area contributed by atoms with E-state index in [1.807, 2.05) is 12.1 Å². The van der Waals surface area contributed by atoms with Crippen LogP contribution in [0.5, 0.6) is 0 Å². The van der Waals surface area contributed by atoms with E-state index in [1.54, 1.807) is 6.92 Å². The molecule has 0 spiro atoms. The summed E-state index contributed by atoms with van der Waals surface area (Å²) in [6.07, 6.45) is 7.76. The monoisotopic (exact) mass is 316 g/mol. The molecule has 0 N–H and O–H groups in total. The lowest BCUT2D eigenvalue weighted by molar-refractivity contribution is -0.108. The van der Waals surface area contributed by atoms with Crippen molar-refractivity contribution >= 4 is 33.8 Å². The normalized spacial score (nSPS) is 16.6. The van der Waals surface area contributed by atoms with Gasteiger partial charge in [-0.1, -0.05) is 31.9 Å². The molecule has 2 aromatic rings. The van der Waals surface area contributed by atoms with Crippen LogP contribution in [0.2, 0.25) is 0 Å². The summed E-state index contributed by atoms with van der Waals surface area (Å²) in [6, 6.07) is 6.79. The van der Waals surface area contributed by atoms with Gasteiger partial charge in [0.15, 0.2) is 0 Å². The van der Waals surface area contributed by atoms with Crippen molar-refractivity contribution in [3.05, 3.63) is 35.0 Å². The fourth-order valence-corrected chi connectivity index (χ4v) is 3.36. The first-order chi connectivity index (χ1) is 10.6. The Hall–Kier alpha value is -1.61. The van der Waals surface area contributed by atoms with E-state index in [1.165, 1.54) is 36.6 Å². The van der Waals surface area contributed by atoms with Gasteiger partial charge in [0.25, 0.3) is 0 Å². The Bertz CT molecular complexity index is 739. The highest BCUT2D eigenvalue weighted by Gasteiger charge is 2.21. The van der Waals surface area contributed by atoms with Crippen molar-refractivity contribution in [3.63, 3.8) is 0 Å². The van der Waals surface area contributed by atoms with Gasteiger partial charge in [-0.05, 0) is 55.5 Å². The van der Waals surface area contributed by atoms with Gasteiger partial charge < -0.3 is 0 Å². The Balaban J connectivity index is 2.10. The topological polar surface area (TPSA) is 34.9 Å². The zero-order valence-electron chi connectivity index (χ0n) is 13.1. The van der Waals surface area contributed by atoms with Crippen molar-refractivity contribution in [1.82, 2.24) is 9.78 Å². The first-order valence-electron chi connectivity index (χ1n) is 7.99. The summed E-state index contributed by atoms with van der Waals surface area (Å²) in [5.74, 6) is 0. The summed E-state index contributed by atoms with van der Waals surface area (Å²) in [5, 5.41) is 5.67. The number of benzene rings is 1. The lowest BCUT2D eigenvalue weighted by Crippen LogP contribution is -2.06. The number of rotatable bonds is 4. The number of hydrogen-bond donors (Lipinski definition) is 0. The van der Waals surface area contributed by atoms with E-state index in [0.717, 1.165) is 17.7 Å². The number of carbonyl (C=O) groups is 1. The highest BCUT2D eigenvalue weighted by atomic mass is 35.5. The van der Waals surface area contributed by atoms with Gasteiger partial charge in [0.05, 0.1) is 17.3 Å². The maximum absolute atomic E-state index is 11.2. The Labute approximate surface area is 136 Å². The largest absolute Gasteiger partial charge is 0.276 e. The maximum Gasteiger partial charge on any atom is 0.248 e. The number of carbonyl (C=O) groups excluding carboxylic acids is 1. The Morgan fingerprint density at radius 3 is 2.77 bits per heavy atom. The maximum atomic E-state index is 11.2. The molecule has 116 valence electrons. The Morgan fingerprint density at radius 1 is 1.41 bits per heavy atom. The molecule has 1 fully saturated rings. The molecule has 0 bridgehead atoms. The fourth-order valence-electron chi connectivity index (χ4n) is 3.30. The van der Waals surface area contributed by atoms with Crippen molar-refractivity contribution in [2.45, 2.75) is 52.0 Å². The summed E-state index contributed by atoms with van der Waals surface area (Å²) >= 11 is 5.53. The van der Waals surface area contributed by atoms with E-state index in [9.17, 15) is 4.79 Å². The van der Waals surface area contributed by atoms with Crippen molar-refractivity contribution in [2.24, 2.45) is 0 Å².